The Morgan fingerprint density at radius 3 is 1.94 bits per heavy atom. The van der Waals surface area contributed by atoms with Gasteiger partial charge in [-0.3, -0.25) is 0 Å². The van der Waals surface area contributed by atoms with Gasteiger partial charge in [0.1, 0.15) is 0 Å². The SMILES string of the molecule is C=C(CSC)C(=C)S(=O)(=O)NC(C)(C)C.CC. The van der Waals surface area contributed by atoms with Gasteiger partial charge in [0.2, 0.25) is 10.0 Å². The highest BCUT2D eigenvalue weighted by molar-refractivity contribution is 7.99. The van der Waals surface area contributed by atoms with E-state index in [1.54, 1.807) is 20.8 Å². The summed E-state index contributed by atoms with van der Waals surface area (Å²) >= 11 is 1.52. The van der Waals surface area contributed by atoms with Crippen molar-refractivity contribution in [3.8, 4) is 0 Å². The fourth-order valence-corrected chi connectivity index (χ4v) is 2.91. The topological polar surface area (TPSA) is 46.2 Å². The van der Waals surface area contributed by atoms with E-state index in [9.17, 15) is 8.42 Å². The summed E-state index contributed by atoms with van der Waals surface area (Å²) in [4.78, 5) is 0.0757. The van der Waals surface area contributed by atoms with Crippen LogP contribution in [0, 0.1) is 0 Å². The fraction of sp³-hybridized carbons (Fsp3) is 0.667. The van der Waals surface area contributed by atoms with Gasteiger partial charge < -0.3 is 0 Å². The van der Waals surface area contributed by atoms with Crippen LogP contribution in [0.1, 0.15) is 34.6 Å². The maximum atomic E-state index is 11.8. The van der Waals surface area contributed by atoms with Crippen LogP contribution in [0.15, 0.2) is 23.6 Å². The summed E-state index contributed by atoms with van der Waals surface area (Å²) in [5, 5.41) is 0. The molecule has 0 radical (unpaired) electrons. The zero-order chi connectivity index (χ0) is 14.3. The lowest BCUT2D eigenvalue weighted by Gasteiger charge is -2.21. The number of hydrogen-bond acceptors (Lipinski definition) is 3. The van der Waals surface area contributed by atoms with Crippen molar-refractivity contribution < 1.29 is 8.42 Å². The molecule has 0 saturated heterocycles. The second-order valence-electron chi connectivity index (χ2n) is 4.32. The molecule has 0 rings (SSSR count). The Kier molecular flexibility index (Phi) is 8.93. The molecule has 3 nitrogen and oxygen atoms in total. The number of sulfonamides is 1. The molecule has 0 aromatic carbocycles. The van der Waals surface area contributed by atoms with E-state index >= 15 is 0 Å². The first-order chi connectivity index (χ1) is 7.60. The highest BCUT2D eigenvalue weighted by Crippen LogP contribution is 2.18. The molecule has 0 atom stereocenters. The monoisotopic (exact) mass is 279 g/mol. The lowest BCUT2D eigenvalue weighted by Crippen LogP contribution is -2.41. The van der Waals surface area contributed by atoms with Crippen molar-refractivity contribution in [3.63, 3.8) is 0 Å². The minimum Gasteiger partial charge on any atom is -0.207 e. The van der Waals surface area contributed by atoms with Gasteiger partial charge in [-0.15, -0.1) is 0 Å². The molecule has 0 amide bonds. The summed E-state index contributed by atoms with van der Waals surface area (Å²) < 4.78 is 26.1. The first-order valence-corrected chi connectivity index (χ1v) is 8.38. The van der Waals surface area contributed by atoms with Gasteiger partial charge in [-0.25, -0.2) is 13.1 Å². The molecule has 0 aromatic rings. The molecule has 0 spiro atoms. The van der Waals surface area contributed by atoms with E-state index in [0.717, 1.165) is 0 Å². The summed E-state index contributed by atoms with van der Waals surface area (Å²) in [6, 6.07) is 0. The molecule has 0 unspecified atom stereocenters. The van der Waals surface area contributed by atoms with Gasteiger partial charge in [-0.05, 0) is 32.6 Å². The van der Waals surface area contributed by atoms with Crippen LogP contribution in [0.3, 0.4) is 0 Å². The third-order valence-electron chi connectivity index (χ3n) is 1.48. The largest absolute Gasteiger partial charge is 0.240 e. The van der Waals surface area contributed by atoms with Crippen molar-refractivity contribution >= 4 is 21.8 Å². The maximum absolute atomic E-state index is 11.8. The van der Waals surface area contributed by atoms with Crippen LogP contribution >= 0.6 is 11.8 Å². The van der Waals surface area contributed by atoms with E-state index in [4.69, 9.17) is 0 Å². The highest BCUT2D eigenvalue weighted by atomic mass is 32.2. The van der Waals surface area contributed by atoms with Crippen molar-refractivity contribution in [3.05, 3.63) is 23.6 Å². The second kappa shape index (κ2) is 7.95. The molecule has 5 heteroatoms. The van der Waals surface area contributed by atoms with Gasteiger partial charge in [-0.1, -0.05) is 27.0 Å². The Hall–Kier alpha value is -0.260. The third-order valence-corrected chi connectivity index (χ3v) is 3.93. The van der Waals surface area contributed by atoms with Gasteiger partial charge in [0.05, 0.1) is 4.91 Å². The number of rotatable bonds is 5. The third kappa shape index (κ3) is 8.46. The van der Waals surface area contributed by atoms with Gasteiger partial charge in [0, 0.05) is 11.3 Å². The van der Waals surface area contributed by atoms with Gasteiger partial charge in [0.15, 0.2) is 0 Å². The predicted octanol–water partition coefficient (Wildman–Crippen LogP) is 3.16. The summed E-state index contributed by atoms with van der Waals surface area (Å²) in [7, 11) is -3.50. The van der Waals surface area contributed by atoms with Gasteiger partial charge >= 0.3 is 0 Å². The average Bonchev–Trinajstić information content (AvgIpc) is 2.16. The molecule has 0 heterocycles. The predicted molar refractivity (Wildman–Crippen MR) is 79.8 cm³/mol. The number of hydrogen-bond donors (Lipinski definition) is 1. The minimum atomic E-state index is -3.50. The Bertz CT molecular complexity index is 351. The standard InChI is InChI=1S/C10H19NO2S2.C2H6/c1-8(7-14-6)9(2)15(12,13)11-10(3,4)5;1-2/h11H,1-2,7H2,3-6H3;1-2H3. The first-order valence-electron chi connectivity index (χ1n) is 5.50. The number of nitrogens with one attached hydrogen (secondary N) is 1. The van der Waals surface area contributed by atoms with E-state index in [2.05, 4.69) is 17.9 Å². The van der Waals surface area contributed by atoms with Crippen molar-refractivity contribution in [2.75, 3.05) is 12.0 Å². The summed E-state index contributed by atoms with van der Waals surface area (Å²) in [6.07, 6.45) is 1.89. The zero-order valence-electron chi connectivity index (χ0n) is 11.8. The van der Waals surface area contributed by atoms with Crippen LogP contribution in [-0.2, 0) is 10.0 Å². The smallest absolute Gasteiger partial charge is 0.207 e. The van der Waals surface area contributed by atoms with E-state index in [0.29, 0.717) is 11.3 Å². The molecule has 1 N–H and O–H groups in total. The lowest BCUT2D eigenvalue weighted by atomic mass is 10.1. The van der Waals surface area contributed by atoms with Crippen LogP contribution in [0.2, 0.25) is 0 Å². The molecular formula is C12H25NO2S2. The van der Waals surface area contributed by atoms with Crippen molar-refractivity contribution in [1.29, 1.82) is 0 Å². The molecular weight excluding hydrogens is 254 g/mol. The van der Waals surface area contributed by atoms with E-state index in [1.165, 1.54) is 11.8 Å². The van der Waals surface area contributed by atoms with Gasteiger partial charge in [0.25, 0.3) is 0 Å². The molecule has 0 aromatic heterocycles. The lowest BCUT2D eigenvalue weighted by molar-refractivity contribution is 0.495. The molecule has 0 aliphatic carbocycles. The number of allylic oxidation sites excluding steroid dienone is 1. The van der Waals surface area contributed by atoms with Crippen LogP contribution < -0.4 is 4.72 Å². The van der Waals surface area contributed by atoms with E-state index in [1.807, 2.05) is 20.1 Å². The number of thioether (sulfide) groups is 1. The molecule has 102 valence electrons. The maximum Gasteiger partial charge on any atom is 0.240 e. The van der Waals surface area contributed by atoms with Crippen LogP contribution in [0.5, 0.6) is 0 Å². The summed E-state index contributed by atoms with van der Waals surface area (Å²) in [5.74, 6) is 0.573. The zero-order valence-corrected chi connectivity index (χ0v) is 13.4. The van der Waals surface area contributed by atoms with E-state index < -0.39 is 15.6 Å². The summed E-state index contributed by atoms with van der Waals surface area (Å²) in [6.45, 7) is 16.6. The second-order valence-corrected chi connectivity index (χ2v) is 6.89. The van der Waals surface area contributed by atoms with Crippen molar-refractivity contribution in [1.82, 2.24) is 4.72 Å². The molecule has 0 aliphatic rings. The molecule has 0 fully saturated rings. The normalized spacial score (nSPS) is 11.4. The van der Waals surface area contributed by atoms with E-state index in [-0.39, 0.29) is 4.91 Å². The Labute approximate surface area is 111 Å². The fourth-order valence-electron chi connectivity index (χ4n) is 0.909. The van der Waals surface area contributed by atoms with Crippen LogP contribution in [-0.4, -0.2) is 26.0 Å². The minimum absolute atomic E-state index is 0.0757. The summed E-state index contributed by atoms with van der Waals surface area (Å²) in [5.41, 5.74) is 0.0424. The molecule has 0 aliphatic heterocycles. The van der Waals surface area contributed by atoms with Crippen molar-refractivity contribution in [2.24, 2.45) is 0 Å². The molecule has 0 bridgehead atoms. The highest BCUT2D eigenvalue weighted by Gasteiger charge is 2.23. The molecule has 0 saturated carbocycles. The quantitative estimate of drug-likeness (QED) is 0.786. The van der Waals surface area contributed by atoms with Crippen LogP contribution in [0.25, 0.3) is 0 Å². The Morgan fingerprint density at radius 1 is 1.24 bits per heavy atom. The van der Waals surface area contributed by atoms with Crippen LogP contribution in [0.4, 0.5) is 0 Å². The average molecular weight is 279 g/mol. The Morgan fingerprint density at radius 2 is 1.65 bits per heavy atom. The Balaban J connectivity index is 0. The molecule has 17 heavy (non-hydrogen) atoms. The first kappa shape index (κ1) is 19.1. The van der Waals surface area contributed by atoms with Gasteiger partial charge in [-0.2, -0.15) is 11.8 Å². The van der Waals surface area contributed by atoms with Crippen molar-refractivity contribution in [2.45, 2.75) is 40.2 Å².